The number of rotatable bonds is 8. The number of thiol groups is 1. The number of nitrogens with one attached hydrogen (secondary N) is 3. The lowest BCUT2D eigenvalue weighted by molar-refractivity contribution is -0.141. The molecule has 0 bridgehead atoms. The van der Waals surface area contributed by atoms with Gasteiger partial charge in [0, 0.05) is 46.5 Å². The van der Waals surface area contributed by atoms with Crippen LogP contribution < -0.4 is 10.6 Å². The van der Waals surface area contributed by atoms with Gasteiger partial charge in [0.15, 0.2) is 0 Å². The van der Waals surface area contributed by atoms with Crippen LogP contribution in [-0.4, -0.2) is 45.8 Å². The van der Waals surface area contributed by atoms with E-state index in [0.717, 1.165) is 33.0 Å². The molecule has 0 radical (unpaired) electrons. The molecule has 2 saturated carbocycles. The smallest absolute Gasteiger partial charge is 0.326 e. The topological polar surface area (TPSA) is 94.2 Å². The van der Waals surface area contributed by atoms with Crippen molar-refractivity contribution in [2.75, 3.05) is 5.75 Å². The fourth-order valence-electron chi connectivity index (χ4n) is 4.98. The minimum Gasteiger partial charge on any atom is -0.480 e. The summed E-state index contributed by atoms with van der Waals surface area (Å²) in [4.78, 5) is 26.0. The third kappa shape index (κ3) is 8.61. The first-order chi connectivity index (χ1) is 16.5. The summed E-state index contributed by atoms with van der Waals surface area (Å²) in [7, 11) is 0. The summed E-state index contributed by atoms with van der Waals surface area (Å²) in [5, 5.41) is 16.6. The van der Waals surface area contributed by atoms with Crippen molar-refractivity contribution in [1.29, 1.82) is 0 Å². The van der Waals surface area contributed by atoms with E-state index in [4.69, 9.17) is 0 Å². The van der Waals surface area contributed by atoms with Gasteiger partial charge in [0.05, 0.1) is 0 Å². The van der Waals surface area contributed by atoms with E-state index in [-0.39, 0.29) is 18.7 Å². The number of H-pyrrole nitrogens is 1. The molecule has 1 atom stereocenters. The SMILES string of the molecule is C1CCC(NC2CCCCC2)CC1.O=C(CCS)N[C@@H](Cc1c[nH]c2ccc(Br)cc12)C(=O)O. The standard InChI is InChI=1S/C14H15BrN2O3S.C12H23N/c15-9-1-2-11-10(6-9)8(7-16-11)5-12(14(19)20)17-13(18)3-4-21;1-3-7-11(8-4-1)13-12-9-5-2-6-10-12/h1-2,6-7,12,16,21H,3-5H2,(H,17,18)(H,19,20);11-13H,1-10H2/t12-;/m0./s1. The molecule has 2 aliphatic carbocycles. The number of halogens is 1. The number of carbonyl (C=O) groups excluding carboxylic acids is 1. The summed E-state index contributed by atoms with van der Waals surface area (Å²) < 4.78 is 0.918. The highest BCUT2D eigenvalue weighted by atomic mass is 79.9. The van der Waals surface area contributed by atoms with Crippen molar-refractivity contribution in [3.05, 3.63) is 34.4 Å². The Morgan fingerprint density at radius 3 is 2.24 bits per heavy atom. The van der Waals surface area contributed by atoms with Crippen LogP contribution in [0.15, 0.2) is 28.9 Å². The number of aromatic amines is 1. The van der Waals surface area contributed by atoms with E-state index in [1.54, 1.807) is 6.20 Å². The molecule has 0 unspecified atom stereocenters. The van der Waals surface area contributed by atoms with E-state index in [9.17, 15) is 14.7 Å². The average Bonchev–Trinajstić information content (AvgIpc) is 3.22. The Balaban J connectivity index is 0.000000212. The number of aromatic nitrogens is 1. The molecule has 0 spiro atoms. The van der Waals surface area contributed by atoms with Crippen molar-refractivity contribution in [2.45, 2.75) is 95.2 Å². The van der Waals surface area contributed by atoms with Gasteiger partial charge in [-0.3, -0.25) is 4.79 Å². The van der Waals surface area contributed by atoms with Gasteiger partial charge in [-0.1, -0.05) is 54.5 Å². The molecule has 2 fully saturated rings. The number of amides is 1. The monoisotopic (exact) mass is 551 g/mol. The van der Waals surface area contributed by atoms with Gasteiger partial charge in [0.2, 0.25) is 5.91 Å². The van der Waals surface area contributed by atoms with Crippen LogP contribution in [0.25, 0.3) is 10.9 Å². The molecule has 0 aliphatic heterocycles. The van der Waals surface area contributed by atoms with Crippen molar-refractivity contribution < 1.29 is 14.7 Å². The third-order valence-corrected chi connectivity index (χ3v) is 7.52. The first kappa shape index (κ1) is 27.1. The minimum atomic E-state index is -1.05. The largest absolute Gasteiger partial charge is 0.480 e. The Hall–Kier alpha value is -1.51. The molecule has 1 aromatic heterocycles. The summed E-state index contributed by atoms with van der Waals surface area (Å²) >= 11 is 7.36. The zero-order valence-corrected chi connectivity index (χ0v) is 22.3. The van der Waals surface area contributed by atoms with E-state index in [0.29, 0.717) is 5.75 Å². The predicted molar refractivity (Wildman–Crippen MR) is 145 cm³/mol. The number of benzene rings is 1. The molecule has 0 saturated heterocycles. The summed E-state index contributed by atoms with van der Waals surface area (Å²) in [5.41, 5.74) is 1.78. The van der Waals surface area contributed by atoms with E-state index < -0.39 is 12.0 Å². The van der Waals surface area contributed by atoms with E-state index in [1.165, 1.54) is 64.2 Å². The molecule has 34 heavy (non-hydrogen) atoms. The van der Waals surface area contributed by atoms with Crippen LogP contribution in [0, 0.1) is 0 Å². The van der Waals surface area contributed by atoms with Crippen molar-refractivity contribution in [2.24, 2.45) is 0 Å². The Kier molecular flexibility index (Phi) is 11.3. The fourth-order valence-corrected chi connectivity index (χ4v) is 5.54. The van der Waals surface area contributed by atoms with Crippen molar-refractivity contribution >= 4 is 51.3 Å². The van der Waals surface area contributed by atoms with Gasteiger partial charge in [-0.25, -0.2) is 4.79 Å². The molecule has 1 amide bonds. The van der Waals surface area contributed by atoms with Gasteiger partial charge in [0.1, 0.15) is 6.04 Å². The molecule has 188 valence electrons. The maximum absolute atomic E-state index is 11.6. The second-order valence-corrected chi connectivity index (χ2v) is 10.8. The number of carboxylic acid groups (broad SMARTS) is 1. The Bertz CT molecular complexity index is 907. The van der Waals surface area contributed by atoms with Gasteiger partial charge in [0.25, 0.3) is 0 Å². The second kappa shape index (κ2) is 14.1. The third-order valence-electron chi connectivity index (χ3n) is 6.81. The number of fused-ring (bicyclic) bond motifs is 1. The number of aliphatic carboxylic acids is 1. The summed E-state index contributed by atoms with van der Waals surface area (Å²) in [6.45, 7) is 0. The molecule has 1 aromatic carbocycles. The minimum absolute atomic E-state index is 0.201. The zero-order valence-electron chi connectivity index (χ0n) is 19.8. The van der Waals surface area contributed by atoms with Crippen LogP contribution in [0.5, 0.6) is 0 Å². The van der Waals surface area contributed by atoms with Gasteiger partial charge in [-0.2, -0.15) is 12.6 Å². The van der Waals surface area contributed by atoms with Gasteiger partial charge in [-0.15, -0.1) is 0 Å². The fraction of sp³-hybridized carbons (Fsp3) is 0.615. The van der Waals surface area contributed by atoms with Crippen molar-refractivity contribution in [3.63, 3.8) is 0 Å². The van der Waals surface area contributed by atoms with Crippen LogP contribution in [0.2, 0.25) is 0 Å². The molecule has 4 N–H and O–H groups in total. The maximum atomic E-state index is 11.6. The van der Waals surface area contributed by atoms with Crippen LogP contribution in [0.3, 0.4) is 0 Å². The summed E-state index contributed by atoms with van der Waals surface area (Å²) in [6, 6.07) is 6.54. The van der Waals surface area contributed by atoms with Crippen LogP contribution in [0.4, 0.5) is 0 Å². The highest BCUT2D eigenvalue weighted by Gasteiger charge is 2.22. The lowest BCUT2D eigenvalue weighted by Gasteiger charge is -2.30. The zero-order chi connectivity index (χ0) is 24.3. The quantitative estimate of drug-likeness (QED) is 0.276. The molecule has 4 rings (SSSR count). The summed E-state index contributed by atoms with van der Waals surface area (Å²) in [6.07, 6.45) is 16.8. The van der Waals surface area contributed by atoms with E-state index in [2.05, 4.69) is 44.2 Å². The highest BCUT2D eigenvalue weighted by Crippen LogP contribution is 2.24. The first-order valence-electron chi connectivity index (χ1n) is 12.6. The van der Waals surface area contributed by atoms with Gasteiger partial charge >= 0.3 is 5.97 Å². The van der Waals surface area contributed by atoms with E-state index >= 15 is 0 Å². The lowest BCUT2D eigenvalue weighted by atomic mass is 9.91. The van der Waals surface area contributed by atoms with Crippen LogP contribution in [0.1, 0.15) is 76.2 Å². The number of hydrogen-bond donors (Lipinski definition) is 5. The molecule has 1 heterocycles. The lowest BCUT2D eigenvalue weighted by Crippen LogP contribution is -2.42. The average molecular weight is 553 g/mol. The summed E-state index contributed by atoms with van der Waals surface area (Å²) in [5.74, 6) is -0.969. The highest BCUT2D eigenvalue weighted by molar-refractivity contribution is 9.10. The predicted octanol–water partition coefficient (Wildman–Crippen LogP) is 5.60. The van der Waals surface area contributed by atoms with Crippen LogP contribution in [-0.2, 0) is 16.0 Å². The second-order valence-electron chi connectivity index (χ2n) is 9.48. The molecule has 6 nitrogen and oxygen atoms in total. The van der Waals surface area contributed by atoms with Gasteiger partial charge in [-0.05, 0) is 55.2 Å². The first-order valence-corrected chi connectivity index (χ1v) is 14.0. The number of hydrogen-bond acceptors (Lipinski definition) is 4. The van der Waals surface area contributed by atoms with Crippen molar-refractivity contribution in [3.8, 4) is 0 Å². The number of carboxylic acids is 1. The molecule has 8 heteroatoms. The Labute approximate surface area is 216 Å². The molecular weight excluding hydrogens is 514 g/mol. The number of carbonyl (C=O) groups is 2. The Morgan fingerprint density at radius 2 is 1.68 bits per heavy atom. The van der Waals surface area contributed by atoms with Crippen LogP contribution >= 0.6 is 28.6 Å². The van der Waals surface area contributed by atoms with E-state index in [1.807, 2.05) is 18.2 Å². The van der Waals surface area contributed by atoms with Gasteiger partial charge < -0.3 is 20.7 Å². The van der Waals surface area contributed by atoms with Crippen molar-refractivity contribution in [1.82, 2.24) is 15.6 Å². The maximum Gasteiger partial charge on any atom is 0.326 e. The molecule has 2 aliphatic rings. The normalized spacial score (nSPS) is 18.2. The molecule has 2 aromatic rings. The Morgan fingerprint density at radius 1 is 1.06 bits per heavy atom. The molecular formula is C26H38BrN3O3S.